The van der Waals surface area contributed by atoms with Gasteiger partial charge in [-0.1, -0.05) is 0 Å². The molecule has 16 heavy (non-hydrogen) atoms. The standard InChI is InChI=1S/C9H7BrF2INO2/c1-2-16-9(15)5-3-4(8(11)12)6(13)7(10)14-5/h3,8H,2H2,1H3. The Morgan fingerprint density at radius 1 is 1.69 bits per heavy atom. The van der Waals surface area contributed by atoms with Gasteiger partial charge in [0.25, 0.3) is 6.43 Å². The van der Waals surface area contributed by atoms with Crippen LogP contribution in [0.5, 0.6) is 0 Å². The SMILES string of the molecule is CCOC(=O)c1cc(C(F)F)c(I)c(Br)n1. The highest BCUT2D eigenvalue weighted by Gasteiger charge is 2.19. The summed E-state index contributed by atoms with van der Waals surface area (Å²) in [5.41, 5.74) is -0.352. The molecule has 0 aliphatic rings. The molecule has 1 heterocycles. The molecule has 0 aromatic carbocycles. The van der Waals surface area contributed by atoms with E-state index in [4.69, 9.17) is 0 Å². The summed E-state index contributed by atoms with van der Waals surface area (Å²) < 4.78 is 30.5. The first kappa shape index (κ1) is 13.8. The highest BCUT2D eigenvalue weighted by Crippen LogP contribution is 2.29. The minimum absolute atomic E-state index is 0.121. The van der Waals surface area contributed by atoms with E-state index in [0.717, 1.165) is 6.07 Å². The lowest BCUT2D eigenvalue weighted by Crippen LogP contribution is -2.09. The van der Waals surface area contributed by atoms with E-state index in [-0.39, 0.29) is 22.5 Å². The minimum atomic E-state index is -2.65. The second-order valence-corrected chi connectivity index (χ2v) is 4.55. The number of rotatable bonds is 3. The van der Waals surface area contributed by atoms with Gasteiger partial charge in [0.2, 0.25) is 0 Å². The van der Waals surface area contributed by atoms with Gasteiger partial charge in [-0.05, 0) is 51.5 Å². The van der Waals surface area contributed by atoms with Crippen molar-refractivity contribution < 1.29 is 18.3 Å². The average molecular weight is 406 g/mol. The van der Waals surface area contributed by atoms with Crippen molar-refractivity contribution in [3.05, 3.63) is 25.5 Å². The second kappa shape index (κ2) is 5.85. The Balaban J connectivity index is 3.18. The maximum absolute atomic E-state index is 12.6. The van der Waals surface area contributed by atoms with Crippen LogP contribution in [0.25, 0.3) is 0 Å². The molecule has 0 amide bonds. The number of alkyl halides is 2. The van der Waals surface area contributed by atoms with E-state index in [1.54, 1.807) is 29.5 Å². The van der Waals surface area contributed by atoms with Gasteiger partial charge in [0.05, 0.1) is 10.2 Å². The van der Waals surface area contributed by atoms with E-state index in [1.807, 2.05) is 0 Å². The Morgan fingerprint density at radius 3 is 2.81 bits per heavy atom. The Labute approximate surface area is 113 Å². The fourth-order valence-corrected chi connectivity index (χ4v) is 1.92. The Hall–Kier alpha value is -0.310. The monoisotopic (exact) mass is 405 g/mol. The van der Waals surface area contributed by atoms with Crippen LogP contribution in [0, 0.1) is 3.57 Å². The molecule has 0 unspecified atom stereocenters. The Bertz CT molecular complexity index is 415. The molecule has 0 bridgehead atoms. The van der Waals surface area contributed by atoms with Gasteiger partial charge >= 0.3 is 5.97 Å². The maximum atomic E-state index is 12.6. The van der Waals surface area contributed by atoms with Crippen molar-refractivity contribution in [1.82, 2.24) is 4.98 Å². The topological polar surface area (TPSA) is 39.2 Å². The summed E-state index contributed by atoms with van der Waals surface area (Å²) in [6.45, 7) is 1.81. The van der Waals surface area contributed by atoms with Crippen molar-refractivity contribution in [2.24, 2.45) is 0 Å². The Morgan fingerprint density at radius 2 is 2.31 bits per heavy atom. The van der Waals surface area contributed by atoms with Gasteiger partial charge in [-0.15, -0.1) is 0 Å². The van der Waals surface area contributed by atoms with Crippen LogP contribution in [0.3, 0.4) is 0 Å². The molecular weight excluding hydrogens is 399 g/mol. The summed E-state index contributed by atoms with van der Waals surface area (Å²) in [5, 5.41) is 0. The summed E-state index contributed by atoms with van der Waals surface area (Å²) in [7, 11) is 0. The van der Waals surface area contributed by atoms with E-state index in [1.165, 1.54) is 0 Å². The van der Waals surface area contributed by atoms with Gasteiger partial charge < -0.3 is 4.74 Å². The van der Waals surface area contributed by atoms with Crippen LogP contribution >= 0.6 is 38.5 Å². The molecule has 1 aromatic rings. The van der Waals surface area contributed by atoms with Crippen molar-refractivity contribution in [3.63, 3.8) is 0 Å². The Kier molecular flexibility index (Phi) is 5.03. The van der Waals surface area contributed by atoms with Gasteiger partial charge in [-0.2, -0.15) is 0 Å². The summed E-state index contributed by atoms with van der Waals surface area (Å²) in [6, 6.07) is 1.05. The zero-order chi connectivity index (χ0) is 12.3. The molecule has 0 spiro atoms. The molecule has 0 N–H and O–H groups in total. The third kappa shape index (κ3) is 3.09. The lowest BCUT2D eigenvalue weighted by Gasteiger charge is -2.07. The highest BCUT2D eigenvalue weighted by molar-refractivity contribution is 14.1. The molecule has 0 radical (unpaired) electrons. The third-order valence-electron chi connectivity index (χ3n) is 1.67. The second-order valence-electron chi connectivity index (χ2n) is 2.72. The minimum Gasteiger partial charge on any atom is -0.461 e. The summed E-state index contributed by atoms with van der Waals surface area (Å²) in [6.07, 6.45) is -2.65. The fourth-order valence-electron chi connectivity index (χ4n) is 0.985. The summed E-state index contributed by atoms with van der Waals surface area (Å²) in [5.74, 6) is -0.707. The number of nitrogens with zero attached hydrogens (tertiary/aromatic N) is 1. The zero-order valence-corrected chi connectivity index (χ0v) is 11.9. The number of pyridine rings is 1. The molecule has 1 aromatic heterocycles. The number of ether oxygens (including phenoxy) is 1. The molecule has 3 nitrogen and oxygen atoms in total. The number of hydrogen-bond donors (Lipinski definition) is 0. The number of aromatic nitrogens is 1. The van der Waals surface area contributed by atoms with Gasteiger partial charge in [-0.3, -0.25) is 0 Å². The van der Waals surface area contributed by atoms with Gasteiger partial charge in [0, 0.05) is 5.56 Å². The number of esters is 1. The largest absolute Gasteiger partial charge is 0.461 e. The lowest BCUT2D eigenvalue weighted by molar-refractivity contribution is 0.0518. The number of halogens is 4. The van der Waals surface area contributed by atoms with E-state index in [0.29, 0.717) is 3.57 Å². The normalized spacial score (nSPS) is 10.6. The molecule has 0 fully saturated rings. The third-order valence-corrected chi connectivity index (χ3v) is 4.11. The van der Waals surface area contributed by atoms with Crippen molar-refractivity contribution >= 4 is 44.5 Å². The molecule has 88 valence electrons. The average Bonchev–Trinajstić information content (AvgIpc) is 2.21. The zero-order valence-electron chi connectivity index (χ0n) is 8.14. The van der Waals surface area contributed by atoms with Gasteiger partial charge in [0.15, 0.2) is 0 Å². The molecule has 0 atom stereocenters. The van der Waals surface area contributed by atoms with E-state index in [2.05, 4.69) is 25.7 Å². The molecule has 0 aliphatic carbocycles. The van der Waals surface area contributed by atoms with Crippen LogP contribution in [0.15, 0.2) is 10.7 Å². The van der Waals surface area contributed by atoms with Gasteiger partial charge in [-0.25, -0.2) is 18.6 Å². The van der Waals surface area contributed by atoms with Crippen molar-refractivity contribution in [3.8, 4) is 0 Å². The molecule has 0 saturated carbocycles. The number of carbonyl (C=O) groups is 1. The fraction of sp³-hybridized carbons (Fsp3) is 0.333. The summed E-state index contributed by atoms with van der Waals surface area (Å²) in [4.78, 5) is 15.2. The molecule has 0 saturated heterocycles. The molecular formula is C9H7BrF2INO2. The van der Waals surface area contributed by atoms with Crippen molar-refractivity contribution in [1.29, 1.82) is 0 Å². The van der Waals surface area contributed by atoms with E-state index >= 15 is 0 Å². The smallest absolute Gasteiger partial charge is 0.356 e. The molecule has 1 rings (SSSR count). The lowest BCUT2D eigenvalue weighted by atomic mass is 10.2. The quantitative estimate of drug-likeness (QED) is 0.438. The highest BCUT2D eigenvalue weighted by atomic mass is 127. The van der Waals surface area contributed by atoms with Gasteiger partial charge in [0.1, 0.15) is 10.3 Å². The van der Waals surface area contributed by atoms with E-state index in [9.17, 15) is 13.6 Å². The van der Waals surface area contributed by atoms with Crippen LogP contribution < -0.4 is 0 Å². The van der Waals surface area contributed by atoms with Crippen LogP contribution in [0.2, 0.25) is 0 Å². The number of carbonyl (C=O) groups excluding carboxylic acids is 1. The first-order valence-corrected chi connectivity index (χ1v) is 6.15. The molecule has 7 heteroatoms. The molecule has 0 aliphatic heterocycles. The van der Waals surface area contributed by atoms with Crippen LogP contribution in [-0.4, -0.2) is 17.6 Å². The predicted octanol–water partition coefficient (Wildman–Crippen LogP) is 3.56. The summed E-state index contributed by atoms with van der Waals surface area (Å²) >= 11 is 4.76. The van der Waals surface area contributed by atoms with Crippen LogP contribution in [0.4, 0.5) is 8.78 Å². The van der Waals surface area contributed by atoms with Crippen LogP contribution in [0.1, 0.15) is 29.4 Å². The van der Waals surface area contributed by atoms with Crippen molar-refractivity contribution in [2.45, 2.75) is 13.3 Å². The first-order valence-electron chi connectivity index (χ1n) is 4.28. The maximum Gasteiger partial charge on any atom is 0.356 e. The van der Waals surface area contributed by atoms with Crippen LogP contribution in [-0.2, 0) is 4.74 Å². The number of hydrogen-bond acceptors (Lipinski definition) is 3. The first-order chi connectivity index (χ1) is 7.47. The van der Waals surface area contributed by atoms with Crippen molar-refractivity contribution in [2.75, 3.05) is 6.61 Å². The van der Waals surface area contributed by atoms with E-state index < -0.39 is 12.4 Å². The predicted molar refractivity (Wildman–Crippen MR) is 65.6 cm³/mol.